The molecule has 20 heavy (non-hydrogen) atoms. The molecule has 0 radical (unpaired) electrons. The average Bonchev–Trinajstić information content (AvgIpc) is 3.27. The highest BCUT2D eigenvalue weighted by molar-refractivity contribution is 5.74. The van der Waals surface area contributed by atoms with Gasteiger partial charge in [-0.05, 0) is 57.7 Å². The van der Waals surface area contributed by atoms with Crippen LogP contribution in [0.5, 0.6) is 0 Å². The van der Waals surface area contributed by atoms with E-state index >= 15 is 0 Å². The number of hydrogen-bond donors (Lipinski definition) is 2. The van der Waals surface area contributed by atoms with Gasteiger partial charge in [-0.3, -0.25) is 0 Å². The van der Waals surface area contributed by atoms with E-state index in [2.05, 4.69) is 17.1 Å². The Labute approximate surface area is 122 Å². The summed E-state index contributed by atoms with van der Waals surface area (Å²) in [6.07, 6.45) is 5.78. The van der Waals surface area contributed by atoms with Crippen molar-refractivity contribution in [2.45, 2.75) is 45.1 Å². The van der Waals surface area contributed by atoms with E-state index in [1.807, 2.05) is 0 Å². The van der Waals surface area contributed by atoms with Crippen LogP contribution in [0.15, 0.2) is 0 Å². The van der Waals surface area contributed by atoms with Crippen molar-refractivity contribution >= 4 is 6.03 Å². The Kier molecular flexibility index (Phi) is 6.10. The van der Waals surface area contributed by atoms with E-state index in [0.717, 1.165) is 38.3 Å². The summed E-state index contributed by atoms with van der Waals surface area (Å²) < 4.78 is 0. The molecular weight excluding hydrogens is 254 g/mol. The molecule has 1 heterocycles. The van der Waals surface area contributed by atoms with Crippen LogP contribution in [0.1, 0.15) is 39.0 Å². The molecule has 5 heteroatoms. The Bertz CT molecular complexity index is 299. The highest BCUT2D eigenvalue weighted by Crippen LogP contribution is 2.26. The SMILES string of the molecule is CC1CCN(CCCNC(=O)N(CCO)C2CC2)CC1. The maximum atomic E-state index is 12.0. The number of aliphatic hydroxyl groups is 1. The van der Waals surface area contributed by atoms with Gasteiger partial charge in [0.05, 0.1) is 6.61 Å². The minimum atomic E-state index is -0.00573. The fourth-order valence-corrected chi connectivity index (χ4v) is 2.83. The lowest BCUT2D eigenvalue weighted by molar-refractivity contribution is 0.170. The molecule has 1 aliphatic heterocycles. The van der Waals surface area contributed by atoms with Gasteiger partial charge >= 0.3 is 6.03 Å². The number of amides is 2. The summed E-state index contributed by atoms with van der Waals surface area (Å²) >= 11 is 0. The average molecular weight is 283 g/mol. The van der Waals surface area contributed by atoms with Crippen molar-refractivity contribution in [1.29, 1.82) is 0 Å². The van der Waals surface area contributed by atoms with Gasteiger partial charge in [0.15, 0.2) is 0 Å². The van der Waals surface area contributed by atoms with Gasteiger partial charge in [0.25, 0.3) is 0 Å². The smallest absolute Gasteiger partial charge is 0.317 e. The number of aliphatic hydroxyl groups excluding tert-OH is 1. The molecule has 0 unspecified atom stereocenters. The number of likely N-dealkylation sites (tertiary alicyclic amines) is 1. The van der Waals surface area contributed by atoms with E-state index in [9.17, 15) is 4.79 Å². The van der Waals surface area contributed by atoms with Crippen LogP contribution in [0.3, 0.4) is 0 Å². The van der Waals surface area contributed by atoms with Crippen LogP contribution in [-0.2, 0) is 0 Å². The lowest BCUT2D eigenvalue weighted by Gasteiger charge is -2.30. The summed E-state index contributed by atoms with van der Waals surface area (Å²) in [6.45, 7) is 7.05. The van der Waals surface area contributed by atoms with E-state index in [-0.39, 0.29) is 12.6 Å². The van der Waals surface area contributed by atoms with E-state index in [1.54, 1.807) is 4.90 Å². The molecule has 0 aromatic rings. The molecule has 1 aliphatic carbocycles. The first kappa shape index (κ1) is 15.6. The van der Waals surface area contributed by atoms with Gasteiger partial charge in [0.1, 0.15) is 0 Å². The van der Waals surface area contributed by atoms with Crippen LogP contribution in [0, 0.1) is 5.92 Å². The topological polar surface area (TPSA) is 55.8 Å². The lowest BCUT2D eigenvalue weighted by Crippen LogP contribution is -2.43. The Balaban J connectivity index is 1.56. The molecule has 0 aromatic heterocycles. The highest BCUT2D eigenvalue weighted by Gasteiger charge is 2.31. The fourth-order valence-electron chi connectivity index (χ4n) is 2.83. The van der Waals surface area contributed by atoms with Crippen LogP contribution in [0.25, 0.3) is 0 Å². The first-order chi connectivity index (χ1) is 9.70. The number of urea groups is 1. The Morgan fingerprint density at radius 3 is 2.60 bits per heavy atom. The molecule has 0 bridgehead atoms. The van der Waals surface area contributed by atoms with Gasteiger partial charge < -0.3 is 20.2 Å². The van der Waals surface area contributed by atoms with E-state index < -0.39 is 0 Å². The summed E-state index contributed by atoms with van der Waals surface area (Å²) in [5, 5.41) is 12.0. The Hall–Kier alpha value is -0.810. The zero-order valence-electron chi connectivity index (χ0n) is 12.7. The van der Waals surface area contributed by atoms with Gasteiger partial charge in [-0.15, -0.1) is 0 Å². The number of rotatable bonds is 7. The normalized spacial score (nSPS) is 20.9. The minimum Gasteiger partial charge on any atom is -0.395 e. The second-order valence-electron chi connectivity index (χ2n) is 6.26. The third kappa shape index (κ3) is 4.94. The monoisotopic (exact) mass is 283 g/mol. The number of nitrogens with zero attached hydrogens (tertiary/aromatic N) is 2. The quantitative estimate of drug-likeness (QED) is 0.692. The van der Waals surface area contributed by atoms with Gasteiger partial charge in [0.2, 0.25) is 0 Å². The molecule has 2 rings (SSSR count). The van der Waals surface area contributed by atoms with Crippen LogP contribution < -0.4 is 5.32 Å². The molecule has 116 valence electrons. The third-order valence-corrected chi connectivity index (χ3v) is 4.39. The molecular formula is C15H29N3O2. The number of carbonyl (C=O) groups is 1. The summed E-state index contributed by atoms with van der Waals surface area (Å²) in [6, 6.07) is 0.361. The van der Waals surface area contributed by atoms with Crippen molar-refractivity contribution in [1.82, 2.24) is 15.1 Å². The highest BCUT2D eigenvalue weighted by atomic mass is 16.3. The minimum absolute atomic E-state index is 0.00573. The molecule has 0 atom stereocenters. The second-order valence-corrected chi connectivity index (χ2v) is 6.26. The maximum absolute atomic E-state index is 12.0. The third-order valence-electron chi connectivity index (χ3n) is 4.39. The molecule has 0 aromatic carbocycles. The van der Waals surface area contributed by atoms with Crippen molar-refractivity contribution in [3.63, 3.8) is 0 Å². The van der Waals surface area contributed by atoms with Crippen molar-refractivity contribution < 1.29 is 9.90 Å². The largest absolute Gasteiger partial charge is 0.395 e. The summed E-state index contributed by atoms with van der Waals surface area (Å²) in [5.74, 6) is 0.872. The molecule has 0 spiro atoms. The van der Waals surface area contributed by atoms with Crippen molar-refractivity contribution in [3.05, 3.63) is 0 Å². The number of carbonyl (C=O) groups excluding carboxylic acids is 1. The molecule has 2 fully saturated rings. The number of hydrogen-bond acceptors (Lipinski definition) is 3. The molecule has 2 amide bonds. The van der Waals surface area contributed by atoms with E-state index in [1.165, 1.54) is 25.9 Å². The van der Waals surface area contributed by atoms with Gasteiger partial charge in [-0.2, -0.15) is 0 Å². The second kappa shape index (κ2) is 7.84. The Morgan fingerprint density at radius 1 is 1.30 bits per heavy atom. The van der Waals surface area contributed by atoms with E-state index in [0.29, 0.717) is 12.6 Å². The van der Waals surface area contributed by atoms with Crippen LogP contribution in [0.4, 0.5) is 4.79 Å². The van der Waals surface area contributed by atoms with Crippen LogP contribution >= 0.6 is 0 Å². The summed E-state index contributed by atoms with van der Waals surface area (Å²) in [4.78, 5) is 16.3. The summed E-state index contributed by atoms with van der Waals surface area (Å²) in [5.41, 5.74) is 0. The van der Waals surface area contributed by atoms with Gasteiger partial charge in [-0.1, -0.05) is 6.92 Å². The van der Waals surface area contributed by atoms with E-state index in [4.69, 9.17) is 5.11 Å². The zero-order valence-corrected chi connectivity index (χ0v) is 12.7. The number of nitrogens with one attached hydrogen (secondary N) is 1. The van der Waals surface area contributed by atoms with Crippen molar-refractivity contribution in [2.75, 3.05) is 39.3 Å². The standard InChI is InChI=1S/C15H29N3O2/c1-13-5-9-17(10-6-13)8-2-7-16-15(20)18(11-12-19)14-3-4-14/h13-14,19H,2-12H2,1H3,(H,16,20). The molecule has 2 N–H and O–H groups in total. The lowest BCUT2D eigenvalue weighted by atomic mass is 9.99. The van der Waals surface area contributed by atoms with Crippen molar-refractivity contribution in [3.8, 4) is 0 Å². The summed E-state index contributed by atoms with van der Waals surface area (Å²) in [7, 11) is 0. The Morgan fingerprint density at radius 2 is 2.00 bits per heavy atom. The van der Waals surface area contributed by atoms with Crippen molar-refractivity contribution in [2.24, 2.45) is 5.92 Å². The maximum Gasteiger partial charge on any atom is 0.317 e. The van der Waals surface area contributed by atoms with Gasteiger partial charge in [0, 0.05) is 19.1 Å². The predicted molar refractivity (Wildman–Crippen MR) is 79.7 cm³/mol. The van der Waals surface area contributed by atoms with Crippen LogP contribution in [0.2, 0.25) is 0 Å². The zero-order chi connectivity index (χ0) is 14.4. The van der Waals surface area contributed by atoms with Gasteiger partial charge in [-0.25, -0.2) is 4.79 Å². The molecule has 5 nitrogen and oxygen atoms in total. The van der Waals surface area contributed by atoms with Crippen LogP contribution in [-0.4, -0.2) is 66.3 Å². The fraction of sp³-hybridized carbons (Fsp3) is 0.933. The molecule has 2 aliphatic rings. The predicted octanol–water partition coefficient (Wildman–Crippen LogP) is 1.27. The molecule has 1 saturated carbocycles. The molecule has 1 saturated heterocycles. The first-order valence-electron chi connectivity index (χ1n) is 8.08. The first-order valence-corrected chi connectivity index (χ1v) is 8.08. The number of piperidine rings is 1.